The SMILES string of the molecule is CCOC(=O)/C=C/c1ccc(NC(=O)c2ccc(C)[nH]c2=O)cc1. The van der Waals surface area contributed by atoms with Gasteiger partial charge in [-0.05, 0) is 49.8 Å². The zero-order valence-electron chi connectivity index (χ0n) is 13.5. The number of aromatic nitrogens is 1. The molecule has 1 aromatic heterocycles. The van der Waals surface area contributed by atoms with Crippen LogP contribution in [0.1, 0.15) is 28.5 Å². The average Bonchev–Trinajstić information content (AvgIpc) is 2.54. The molecule has 1 heterocycles. The normalized spacial score (nSPS) is 10.6. The predicted octanol–water partition coefficient (Wildman–Crippen LogP) is 2.51. The Morgan fingerprint density at radius 1 is 1.17 bits per heavy atom. The summed E-state index contributed by atoms with van der Waals surface area (Å²) in [6.07, 6.45) is 2.96. The first-order valence-corrected chi connectivity index (χ1v) is 7.46. The standard InChI is InChI=1S/C18H18N2O4/c1-3-24-16(21)11-7-13-5-8-14(9-6-13)20-18(23)15-10-4-12(2)19-17(15)22/h4-11H,3H2,1-2H3,(H,19,22)(H,20,23)/b11-7+. The summed E-state index contributed by atoms with van der Waals surface area (Å²) in [7, 11) is 0. The molecule has 2 rings (SSSR count). The number of carbonyl (C=O) groups is 2. The molecule has 0 saturated heterocycles. The van der Waals surface area contributed by atoms with E-state index in [1.165, 1.54) is 12.1 Å². The highest BCUT2D eigenvalue weighted by Gasteiger charge is 2.10. The molecule has 0 atom stereocenters. The molecule has 0 aliphatic heterocycles. The highest BCUT2D eigenvalue weighted by atomic mass is 16.5. The molecule has 0 radical (unpaired) electrons. The molecule has 1 amide bonds. The van der Waals surface area contributed by atoms with Crippen LogP contribution in [0, 0.1) is 6.92 Å². The van der Waals surface area contributed by atoms with Gasteiger partial charge in [-0.1, -0.05) is 12.1 Å². The van der Waals surface area contributed by atoms with Crippen LogP contribution in [0.3, 0.4) is 0 Å². The number of aryl methyl sites for hydroxylation is 1. The minimum absolute atomic E-state index is 0.0480. The lowest BCUT2D eigenvalue weighted by Crippen LogP contribution is -2.23. The molecular weight excluding hydrogens is 308 g/mol. The second kappa shape index (κ2) is 7.92. The van der Waals surface area contributed by atoms with Gasteiger partial charge in [0, 0.05) is 17.5 Å². The van der Waals surface area contributed by atoms with E-state index in [0.29, 0.717) is 18.0 Å². The van der Waals surface area contributed by atoms with E-state index in [1.807, 2.05) is 0 Å². The molecule has 0 aliphatic carbocycles. The van der Waals surface area contributed by atoms with Crippen LogP contribution in [0.25, 0.3) is 6.08 Å². The van der Waals surface area contributed by atoms with Crippen molar-refractivity contribution in [2.24, 2.45) is 0 Å². The summed E-state index contributed by atoms with van der Waals surface area (Å²) < 4.78 is 4.79. The smallest absolute Gasteiger partial charge is 0.330 e. The summed E-state index contributed by atoms with van der Waals surface area (Å²) >= 11 is 0. The number of amides is 1. The number of carbonyl (C=O) groups excluding carboxylic acids is 2. The van der Waals surface area contributed by atoms with Crippen molar-refractivity contribution in [3.63, 3.8) is 0 Å². The largest absolute Gasteiger partial charge is 0.463 e. The number of hydrogen-bond acceptors (Lipinski definition) is 4. The van der Waals surface area contributed by atoms with Crippen LogP contribution in [-0.2, 0) is 9.53 Å². The van der Waals surface area contributed by atoms with Gasteiger partial charge >= 0.3 is 5.97 Å². The van der Waals surface area contributed by atoms with Crippen molar-refractivity contribution in [2.45, 2.75) is 13.8 Å². The van der Waals surface area contributed by atoms with Gasteiger partial charge in [-0.2, -0.15) is 0 Å². The number of pyridine rings is 1. The highest BCUT2D eigenvalue weighted by Crippen LogP contribution is 2.12. The lowest BCUT2D eigenvalue weighted by atomic mass is 10.2. The first-order chi connectivity index (χ1) is 11.5. The van der Waals surface area contributed by atoms with Gasteiger partial charge in [0.05, 0.1) is 6.61 Å². The van der Waals surface area contributed by atoms with Gasteiger partial charge in [-0.15, -0.1) is 0 Å². The molecule has 2 aromatic rings. The van der Waals surface area contributed by atoms with Crippen LogP contribution in [0.15, 0.2) is 47.3 Å². The highest BCUT2D eigenvalue weighted by molar-refractivity contribution is 6.04. The maximum absolute atomic E-state index is 12.1. The van der Waals surface area contributed by atoms with Crippen molar-refractivity contribution in [2.75, 3.05) is 11.9 Å². The number of nitrogens with one attached hydrogen (secondary N) is 2. The Morgan fingerprint density at radius 2 is 1.88 bits per heavy atom. The minimum atomic E-state index is -0.480. The van der Waals surface area contributed by atoms with E-state index in [2.05, 4.69) is 10.3 Å². The third kappa shape index (κ3) is 4.67. The lowest BCUT2D eigenvalue weighted by Gasteiger charge is -2.05. The van der Waals surface area contributed by atoms with Crippen LogP contribution in [0.5, 0.6) is 0 Å². The monoisotopic (exact) mass is 326 g/mol. The molecule has 0 bridgehead atoms. The van der Waals surface area contributed by atoms with Gasteiger partial charge in [0.25, 0.3) is 11.5 Å². The van der Waals surface area contributed by atoms with E-state index in [1.54, 1.807) is 50.3 Å². The second-order valence-electron chi connectivity index (χ2n) is 5.05. The summed E-state index contributed by atoms with van der Waals surface area (Å²) in [4.78, 5) is 37.7. The van der Waals surface area contributed by atoms with E-state index >= 15 is 0 Å². The van der Waals surface area contributed by atoms with E-state index in [0.717, 1.165) is 5.56 Å². The Bertz CT molecular complexity index is 820. The van der Waals surface area contributed by atoms with Gasteiger partial charge in [0.2, 0.25) is 0 Å². The average molecular weight is 326 g/mol. The number of ether oxygens (including phenoxy) is 1. The van der Waals surface area contributed by atoms with Crippen molar-refractivity contribution in [3.8, 4) is 0 Å². The lowest BCUT2D eigenvalue weighted by molar-refractivity contribution is -0.137. The molecule has 6 heteroatoms. The molecule has 6 nitrogen and oxygen atoms in total. The van der Waals surface area contributed by atoms with E-state index < -0.39 is 17.4 Å². The van der Waals surface area contributed by atoms with Crippen LogP contribution < -0.4 is 10.9 Å². The first-order valence-electron chi connectivity index (χ1n) is 7.46. The van der Waals surface area contributed by atoms with Crippen LogP contribution in [0.2, 0.25) is 0 Å². The summed E-state index contributed by atoms with van der Waals surface area (Å²) in [5.41, 5.74) is 1.64. The van der Waals surface area contributed by atoms with Crippen molar-refractivity contribution in [1.82, 2.24) is 4.98 Å². The zero-order valence-corrected chi connectivity index (χ0v) is 13.5. The summed E-state index contributed by atoms with van der Waals surface area (Å²) in [6, 6.07) is 10.0. The van der Waals surface area contributed by atoms with E-state index in [9.17, 15) is 14.4 Å². The van der Waals surface area contributed by atoms with Crippen molar-refractivity contribution >= 4 is 23.6 Å². The molecular formula is C18H18N2O4. The molecule has 0 fully saturated rings. The third-order valence-electron chi connectivity index (χ3n) is 3.17. The van der Waals surface area contributed by atoms with Crippen LogP contribution in [-0.4, -0.2) is 23.5 Å². The maximum atomic E-state index is 12.1. The Balaban J connectivity index is 2.04. The number of rotatable bonds is 5. The molecule has 2 N–H and O–H groups in total. The van der Waals surface area contributed by atoms with Crippen molar-refractivity contribution < 1.29 is 14.3 Å². The number of hydrogen-bond donors (Lipinski definition) is 2. The number of aromatic amines is 1. The minimum Gasteiger partial charge on any atom is -0.463 e. The Hall–Kier alpha value is -3.15. The molecule has 0 unspecified atom stereocenters. The van der Waals surface area contributed by atoms with Crippen molar-refractivity contribution in [3.05, 3.63) is 69.6 Å². The maximum Gasteiger partial charge on any atom is 0.330 e. The number of benzene rings is 1. The topological polar surface area (TPSA) is 88.3 Å². The number of anilines is 1. The van der Waals surface area contributed by atoms with Gasteiger partial charge in [0.1, 0.15) is 5.56 Å². The predicted molar refractivity (Wildman–Crippen MR) is 91.9 cm³/mol. The molecule has 1 aromatic carbocycles. The van der Waals surface area contributed by atoms with Gasteiger partial charge in [0.15, 0.2) is 0 Å². The van der Waals surface area contributed by atoms with Gasteiger partial charge in [-0.25, -0.2) is 4.79 Å². The first kappa shape index (κ1) is 17.2. The summed E-state index contributed by atoms with van der Waals surface area (Å²) in [5.74, 6) is -0.889. The quantitative estimate of drug-likeness (QED) is 0.653. The van der Waals surface area contributed by atoms with Gasteiger partial charge in [-0.3, -0.25) is 9.59 Å². The molecule has 0 spiro atoms. The molecule has 124 valence electrons. The fourth-order valence-corrected chi connectivity index (χ4v) is 1.98. The van der Waals surface area contributed by atoms with Crippen LogP contribution in [0.4, 0.5) is 5.69 Å². The van der Waals surface area contributed by atoms with E-state index in [4.69, 9.17) is 4.74 Å². The van der Waals surface area contributed by atoms with E-state index in [-0.39, 0.29) is 5.56 Å². The number of esters is 1. The third-order valence-corrected chi connectivity index (χ3v) is 3.17. The Morgan fingerprint density at radius 3 is 2.50 bits per heavy atom. The van der Waals surface area contributed by atoms with Crippen LogP contribution >= 0.6 is 0 Å². The molecule has 24 heavy (non-hydrogen) atoms. The second-order valence-corrected chi connectivity index (χ2v) is 5.05. The van der Waals surface area contributed by atoms with Gasteiger partial charge < -0.3 is 15.0 Å². The van der Waals surface area contributed by atoms with Crippen molar-refractivity contribution in [1.29, 1.82) is 0 Å². The molecule has 0 saturated carbocycles. The Labute approximate surface area is 139 Å². The summed E-state index contributed by atoms with van der Waals surface area (Å²) in [6.45, 7) is 3.81. The Kier molecular flexibility index (Phi) is 5.68. The zero-order chi connectivity index (χ0) is 17.5. The summed E-state index contributed by atoms with van der Waals surface area (Å²) in [5, 5.41) is 2.66. The fourth-order valence-electron chi connectivity index (χ4n) is 1.98. The number of H-pyrrole nitrogens is 1. The molecule has 0 aliphatic rings. The fraction of sp³-hybridized carbons (Fsp3) is 0.167.